The monoisotopic (exact) mass is 281 g/mol. The fourth-order valence-corrected chi connectivity index (χ4v) is 3.35. The summed E-state index contributed by atoms with van der Waals surface area (Å²) in [7, 11) is -1.48. The van der Waals surface area contributed by atoms with Gasteiger partial charge >= 0.3 is 0 Å². The first-order chi connectivity index (χ1) is 9.04. The van der Waals surface area contributed by atoms with Crippen molar-refractivity contribution in [2.45, 2.75) is 4.90 Å². The Kier molecular flexibility index (Phi) is 4.11. The molecule has 1 heterocycles. The summed E-state index contributed by atoms with van der Waals surface area (Å²) in [5, 5.41) is 0. The summed E-state index contributed by atoms with van der Waals surface area (Å²) >= 11 is 0. The summed E-state index contributed by atoms with van der Waals surface area (Å²) in [6.07, 6.45) is 1.42. The van der Waals surface area contributed by atoms with E-state index in [0.29, 0.717) is 18.8 Å². The van der Waals surface area contributed by atoms with E-state index in [2.05, 4.69) is 9.89 Å². The standard InChI is InChI=1S/C12H15N3O3S/c1-14-6-8-15(9-7-14)19(17,18)12-4-2-11(3-5-12)13-10-16/h2-5H,6-9H2,1H3. The average Bonchev–Trinajstić information content (AvgIpc) is 2.40. The highest BCUT2D eigenvalue weighted by Crippen LogP contribution is 2.20. The van der Waals surface area contributed by atoms with Crippen LogP contribution < -0.4 is 0 Å². The summed E-state index contributed by atoms with van der Waals surface area (Å²) in [6.45, 7) is 2.44. The zero-order valence-electron chi connectivity index (χ0n) is 10.6. The van der Waals surface area contributed by atoms with Crippen LogP contribution in [0.3, 0.4) is 0 Å². The Morgan fingerprint density at radius 1 is 1.11 bits per heavy atom. The molecule has 7 heteroatoms. The van der Waals surface area contributed by atoms with Gasteiger partial charge in [0.2, 0.25) is 16.1 Å². The average molecular weight is 281 g/mol. The number of carbonyl (C=O) groups excluding carboxylic acids is 1. The molecule has 2 rings (SSSR count). The minimum absolute atomic E-state index is 0.224. The Morgan fingerprint density at radius 3 is 2.21 bits per heavy atom. The Morgan fingerprint density at radius 2 is 1.68 bits per heavy atom. The first kappa shape index (κ1) is 13.9. The van der Waals surface area contributed by atoms with Crippen LogP contribution in [0.5, 0.6) is 0 Å². The molecule has 6 nitrogen and oxygen atoms in total. The number of rotatable bonds is 3. The van der Waals surface area contributed by atoms with Gasteiger partial charge < -0.3 is 4.90 Å². The number of aliphatic imine (C=N–C) groups is 1. The first-order valence-corrected chi connectivity index (χ1v) is 7.34. The van der Waals surface area contributed by atoms with E-state index in [4.69, 9.17) is 0 Å². The molecule has 1 aromatic carbocycles. The van der Waals surface area contributed by atoms with Crippen LogP contribution in [0.4, 0.5) is 5.69 Å². The van der Waals surface area contributed by atoms with Crippen LogP contribution >= 0.6 is 0 Å². The molecule has 1 saturated heterocycles. The maximum absolute atomic E-state index is 12.4. The van der Waals surface area contributed by atoms with Crippen LogP contribution in [0.25, 0.3) is 0 Å². The van der Waals surface area contributed by atoms with Gasteiger partial charge in [0, 0.05) is 26.2 Å². The maximum Gasteiger partial charge on any atom is 0.243 e. The van der Waals surface area contributed by atoms with Gasteiger partial charge in [0.25, 0.3) is 0 Å². The third-order valence-corrected chi connectivity index (χ3v) is 5.02. The number of piperazine rings is 1. The van der Waals surface area contributed by atoms with Gasteiger partial charge in [-0.1, -0.05) is 0 Å². The van der Waals surface area contributed by atoms with E-state index in [9.17, 15) is 13.2 Å². The van der Waals surface area contributed by atoms with E-state index >= 15 is 0 Å². The third kappa shape index (κ3) is 3.08. The van der Waals surface area contributed by atoms with E-state index in [1.807, 2.05) is 7.05 Å². The molecule has 0 atom stereocenters. The number of benzene rings is 1. The highest BCUT2D eigenvalue weighted by atomic mass is 32.2. The molecule has 19 heavy (non-hydrogen) atoms. The smallest absolute Gasteiger partial charge is 0.243 e. The fraction of sp³-hybridized carbons (Fsp3) is 0.417. The summed E-state index contributed by atoms with van der Waals surface area (Å²) in [5.41, 5.74) is 0.396. The van der Waals surface area contributed by atoms with Crippen molar-refractivity contribution in [3.8, 4) is 0 Å². The van der Waals surface area contributed by atoms with Crippen LogP contribution in [0.1, 0.15) is 0 Å². The highest BCUT2D eigenvalue weighted by molar-refractivity contribution is 7.89. The lowest BCUT2D eigenvalue weighted by Crippen LogP contribution is -2.46. The van der Waals surface area contributed by atoms with Crippen molar-refractivity contribution in [2.24, 2.45) is 4.99 Å². The summed E-state index contributed by atoms with van der Waals surface area (Å²) in [4.78, 5) is 15.9. The van der Waals surface area contributed by atoms with E-state index in [-0.39, 0.29) is 4.90 Å². The van der Waals surface area contributed by atoms with Crippen molar-refractivity contribution in [1.29, 1.82) is 0 Å². The van der Waals surface area contributed by atoms with Crippen molar-refractivity contribution in [3.05, 3.63) is 24.3 Å². The Hall–Kier alpha value is -1.53. The predicted molar refractivity (Wildman–Crippen MR) is 70.5 cm³/mol. The molecule has 0 amide bonds. The van der Waals surface area contributed by atoms with Gasteiger partial charge in [-0.05, 0) is 31.3 Å². The Bertz CT molecular complexity index is 583. The molecule has 1 aromatic rings. The van der Waals surface area contributed by atoms with Crippen molar-refractivity contribution in [1.82, 2.24) is 9.21 Å². The number of isocyanates is 1. The van der Waals surface area contributed by atoms with Gasteiger partial charge in [0.15, 0.2) is 0 Å². The molecule has 0 N–H and O–H groups in total. The zero-order chi connectivity index (χ0) is 13.9. The number of nitrogens with zero attached hydrogens (tertiary/aromatic N) is 3. The van der Waals surface area contributed by atoms with E-state index in [1.54, 1.807) is 0 Å². The molecule has 102 valence electrons. The van der Waals surface area contributed by atoms with Crippen molar-refractivity contribution < 1.29 is 13.2 Å². The fourth-order valence-electron chi connectivity index (χ4n) is 1.92. The SMILES string of the molecule is CN1CCN(S(=O)(=O)c2ccc(N=C=O)cc2)CC1. The molecule has 0 unspecified atom stereocenters. The quantitative estimate of drug-likeness (QED) is 0.600. The molecular weight excluding hydrogens is 266 g/mol. The Balaban J connectivity index is 2.21. The number of hydrogen-bond acceptors (Lipinski definition) is 5. The maximum atomic E-state index is 12.4. The van der Waals surface area contributed by atoms with E-state index in [1.165, 1.54) is 34.7 Å². The molecular formula is C12H15N3O3S. The molecule has 0 saturated carbocycles. The lowest BCUT2D eigenvalue weighted by atomic mass is 10.3. The van der Waals surface area contributed by atoms with Gasteiger partial charge in [-0.2, -0.15) is 9.30 Å². The first-order valence-electron chi connectivity index (χ1n) is 5.90. The predicted octanol–water partition coefficient (Wildman–Crippen LogP) is 0.590. The summed E-state index contributed by atoms with van der Waals surface area (Å²) in [6, 6.07) is 5.91. The van der Waals surface area contributed by atoms with Crippen LogP contribution in [-0.2, 0) is 14.8 Å². The summed E-state index contributed by atoms with van der Waals surface area (Å²) < 4.78 is 26.2. The topological polar surface area (TPSA) is 70.1 Å². The van der Waals surface area contributed by atoms with Crippen LogP contribution in [-0.4, -0.2) is 56.9 Å². The number of likely N-dealkylation sites (N-methyl/N-ethyl adjacent to an activating group) is 1. The van der Waals surface area contributed by atoms with Gasteiger partial charge in [0.05, 0.1) is 10.6 Å². The number of sulfonamides is 1. The zero-order valence-corrected chi connectivity index (χ0v) is 11.4. The van der Waals surface area contributed by atoms with E-state index in [0.717, 1.165) is 13.1 Å². The molecule has 0 aliphatic carbocycles. The second-order valence-electron chi connectivity index (χ2n) is 4.40. The van der Waals surface area contributed by atoms with Gasteiger partial charge in [-0.3, -0.25) is 0 Å². The lowest BCUT2D eigenvalue weighted by Gasteiger charge is -2.31. The second kappa shape index (κ2) is 5.63. The van der Waals surface area contributed by atoms with Gasteiger partial charge in [-0.25, -0.2) is 13.2 Å². The minimum Gasteiger partial charge on any atom is -0.304 e. The van der Waals surface area contributed by atoms with Crippen molar-refractivity contribution in [3.63, 3.8) is 0 Å². The Labute approximate surface area is 112 Å². The van der Waals surface area contributed by atoms with Gasteiger partial charge in [0.1, 0.15) is 0 Å². The van der Waals surface area contributed by atoms with Crippen molar-refractivity contribution in [2.75, 3.05) is 33.2 Å². The second-order valence-corrected chi connectivity index (χ2v) is 6.34. The molecule has 0 radical (unpaired) electrons. The molecule has 0 aromatic heterocycles. The van der Waals surface area contributed by atoms with Crippen LogP contribution in [0, 0.1) is 0 Å². The molecule has 0 bridgehead atoms. The third-order valence-electron chi connectivity index (χ3n) is 3.11. The molecule has 1 aliphatic rings. The largest absolute Gasteiger partial charge is 0.304 e. The van der Waals surface area contributed by atoms with Crippen molar-refractivity contribution >= 4 is 21.8 Å². The molecule has 1 aliphatic heterocycles. The van der Waals surface area contributed by atoms with E-state index < -0.39 is 10.0 Å². The molecule has 1 fully saturated rings. The molecule has 0 spiro atoms. The highest BCUT2D eigenvalue weighted by Gasteiger charge is 2.27. The van der Waals surface area contributed by atoms with Gasteiger partial charge in [-0.15, -0.1) is 0 Å². The van der Waals surface area contributed by atoms with Crippen LogP contribution in [0.2, 0.25) is 0 Å². The van der Waals surface area contributed by atoms with Crippen LogP contribution in [0.15, 0.2) is 34.2 Å². The minimum atomic E-state index is -3.45. The summed E-state index contributed by atoms with van der Waals surface area (Å²) in [5.74, 6) is 0. The normalized spacial score (nSPS) is 17.9. The lowest BCUT2D eigenvalue weighted by molar-refractivity contribution is 0.222. The number of hydrogen-bond donors (Lipinski definition) is 0.